The molecule has 0 aliphatic carbocycles. The number of piperazine rings is 1. The van der Waals surface area contributed by atoms with Crippen LogP contribution < -0.4 is 5.32 Å². The molecule has 1 saturated heterocycles. The van der Waals surface area contributed by atoms with Gasteiger partial charge in [-0.25, -0.2) is 5.32 Å². The summed E-state index contributed by atoms with van der Waals surface area (Å²) in [5.74, 6) is 0. The Labute approximate surface area is 177 Å². The van der Waals surface area contributed by atoms with Crippen LogP contribution in [0.3, 0.4) is 0 Å². The first-order valence-corrected chi connectivity index (χ1v) is 9.89. The normalized spacial score (nSPS) is 18.0. The molecule has 3 nitrogen and oxygen atoms in total. The van der Waals surface area contributed by atoms with Crippen LogP contribution in [0.15, 0.2) is 48.5 Å². The van der Waals surface area contributed by atoms with Gasteiger partial charge in [0.25, 0.3) is 0 Å². The SMILES string of the molecule is CC(OCC(c1ccccc1)N1CC[N]CC1)c1cc(C(F)(F)F)cc(C(F)(F)F)c1. The van der Waals surface area contributed by atoms with Crippen molar-refractivity contribution < 1.29 is 31.1 Å². The summed E-state index contributed by atoms with van der Waals surface area (Å²) >= 11 is 0. The van der Waals surface area contributed by atoms with E-state index in [-0.39, 0.29) is 24.3 Å². The first kappa shape index (κ1) is 23.6. The highest BCUT2D eigenvalue weighted by Crippen LogP contribution is 2.38. The minimum Gasteiger partial charge on any atom is -0.372 e. The van der Waals surface area contributed by atoms with Crippen molar-refractivity contribution in [2.24, 2.45) is 0 Å². The van der Waals surface area contributed by atoms with E-state index >= 15 is 0 Å². The number of hydrogen-bond acceptors (Lipinski definition) is 2. The fourth-order valence-corrected chi connectivity index (χ4v) is 3.57. The van der Waals surface area contributed by atoms with Gasteiger partial charge in [0.05, 0.1) is 29.9 Å². The van der Waals surface area contributed by atoms with E-state index in [0.29, 0.717) is 26.2 Å². The van der Waals surface area contributed by atoms with E-state index in [1.165, 1.54) is 6.92 Å². The van der Waals surface area contributed by atoms with Gasteiger partial charge >= 0.3 is 12.4 Å². The van der Waals surface area contributed by atoms with Gasteiger partial charge < -0.3 is 4.74 Å². The van der Waals surface area contributed by atoms with E-state index in [9.17, 15) is 26.3 Å². The Morgan fingerprint density at radius 2 is 1.42 bits per heavy atom. The van der Waals surface area contributed by atoms with Crippen LogP contribution in [0.1, 0.15) is 41.3 Å². The predicted octanol–water partition coefficient (Wildman–Crippen LogP) is 5.46. The van der Waals surface area contributed by atoms with Crippen LogP contribution in [0.2, 0.25) is 0 Å². The molecule has 31 heavy (non-hydrogen) atoms. The molecule has 2 aromatic rings. The van der Waals surface area contributed by atoms with Crippen LogP contribution in [0.5, 0.6) is 0 Å². The molecule has 0 saturated carbocycles. The molecular formula is C22H23F6N2O. The Balaban J connectivity index is 1.82. The second kappa shape index (κ2) is 9.58. The predicted molar refractivity (Wildman–Crippen MR) is 103 cm³/mol. The van der Waals surface area contributed by atoms with Crippen LogP contribution in [-0.4, -0.2) is 37.7 Å². The quantitative estimate of drug-likeness (QED) is 0.552. The number of alkyl halides is 6. The zero-order valence-electron chi connectivity index (χ0n) is 16.9. The van der Waals surface area contributed by atoms with Crippen molar-refractivity contribution in [2.75, 3.05) is 32.8 Å². The van der Waals surface area contributed by atoms with Gasteiger partial charge in [-0.05, 0) is 36.2 Å². The van der Waals surface area contributed by atoms with Crippen molar-refractivity contribution in [3.8, 4) is 0 Å². The molecule has 2 atom stereocenters. The smallest absolute Gasteiger partial charge is 0.372 e. The van der Waals surface area contributed by atoms with Crippen LogP contribution in [0, 0.1) is 0 Å². The van der Waals surface area contributed by atoms with Crippen molar-refractivity contribution in [3.63, 3.8) is 0 Å². The molecular weight excluding hydrogens is 422 g/mol. The number of benzene rings is 2. The van der Waals surface area contributed by atoms with Crippen molar-refractivity contribution in [2.45, 2.75) is 31.4 Å². The molecule has 1 radical (unpaired) electrons. The van der Waals surface area contributed by atoms with Crippen molar-refractivity contribution >= 4 is 0 Å². The molecule has 0 aromatic heterocycles. The molecule has 1 heterocycles. The van der Waals surface area contributed by atoms with Crippen LogP contribution in [0.25, 0.3) is 0 Å². The molecule has 0 bridgehead atoms. The second-order valence-corrected chi connectivity index (χ2v) is 7.45. The van der Waals surface area contributed by atoms with Gasteiger partial charge in [0, 0.05) is 26.2 Å². The highest BCUT2D eigenvalue weighted by molar-refractivity contribution is 5.34. The maximum absolute atomic E-state index is 13.2. The third kappa shape index (κ3) is 6.21. The monoisotopic (exact) mass is 445 g/mol. The van der Waals surface area contributed by atoms with Gasteiger partial charge in [0.1, 0.15) is 0 Å². The number of nitrogens with zero attached hydrogens (tertiary/aromatic N) is 2. The number of ether oxygens (including phenoxy) is 1. The van der Waals surface area contributed by atoms with E-state index in [1.54, 1.807) is 0 Å². The second-order valence-electron chi connectivity index (χ2n) is 7.45. The summed E-state index contributed by atoms with van der Waals surface area (Å²) in [6.45, 7) is 4.34. The fourth-order valence-electron chi connectivity index (χ4n) is 3.57. The van der Waals surface area contributed by atoms with E-state index in [1.807, 2.05) is 30.3 Å². The number of rotatable bonds is 6. The third-order valence-electron chi connectivity index (χ3n) is 5.30. The van der Waals surface area contributed by atoms with Crippen molar-refractivity contribution in [3.05, 3.63) is 70.8 Å². The lowest BCUT2D eigenvalue weighted by atomic mass is 10.0. The van der Waals surface area contributed by atoms with E-state index in [0.717, 1.165) is 17.7 Å². The van der Waals surface area contributed by atoms with Gasteiger partial charge in [-0.15, -0.1) is 0 Å². The Bertz CT molecular complexity index is 815. The lowest BCUT2D eigenvalue weighted by Gasteiger charge is -2.35. The highest BCUT2D eigenvalue weighted by Gasteiger charge is 2.37. The summed E-state index contributed by atoms with van der Waals surface area (Å²) < 4.78 is 84.8. The first-order valence-electron chi connectivity index (χ1n) is 9.89. The molecule has 169 valence electrons. The van der Waals surface area contributed by atoms with Crippen molar-refractivity contribution in [1.29, 1.82) is 0 Å². The lowest BCUT2D eigenvalue weighted by Crippen LogP contribution is -2.43. The zero-order valence-corrected chi connectivity index (χ0v) is 16.9. The Kier molecular flexibility index (Phi) is 7.28. The third-order valence-corrected chi connectivity index (χ3v) is 5.30. The van der Waals surface area contributed by atoms with Crippen LogP contribution in [-0.2, 0) is 17.1 Å². The Morgan fingerprint density at radius 3 is 1.94 bits per heavy atom. The largest absolute Gasteiger partial charge is 0.416 e. The molecule has 2 aromatic carbocycles. The Morgan fingerprint density at radius 1 is 0.871 bits per heavy atom. The summed E-state index contributed by atoms with van der Waals surface area (Å²) in [5.41, 5.74) is -1.88. The van der Waals surface area contributed by atoms with Gasteiger partial charge in [-0.1, -0.05) is 30.3 Å². The van der Waals surface area contributed by atoms with Crippen LogP contribution in [0.4, 0.5) is 26.3 Å². The van der Waals surface area contributed by atoms with Gasteiger partial charge in [-0.2, -0.15) is 26.3 Å². The molecule has 1 fully saturated rings. The molecule has 0 amide bonds. The standard InChI is InChI=1S/C22H23F6N2O/c1-15(17-11-18(21(23,24)25)13-19(12-17)22(26,27)28)31-14-20(16-5-3-2-4-6-16)30-9-7-29-8-10-30/h2-6,11-13,15,20H,7-10,14H2,1H3. The van der Waals surface area contributed by atoms with E-state index in [4.69, 9.17) is 4.74 Å². The summed E-state index contributed by atoms with van der Waals surface area (Å²) in [4.78, 5) is 2.17. The molecule has 1 aliphatic heterocycles. The fraction of sp³-hybridized carbons (Fsp3) is 0.455. The average Bonchev–Trinajstić information content (AvgIpc) is 2.74. The molecule has 2 unspecified atom stereocenters. The maximum atomic E-state index is 13.2. The van der Waals surface area contributed by atoms with E-state index < -0.39 is 29.6 Å². The van der Waals surface area contributed by atoms with Gasteiger partial charge in [0.2, 0.25) is 0 Å². The summed E-state index contributed by atoms with van der Waals surface area (Å²) in [6, 6.07) is 10.9. The first-order chi connectivity index (χ1) is 14.6. The van der Waals surface area contributed by atoms with Crippen molar-refractivity contribution in [1.82, 2.24) is 10.2 Å². The van der Waals surface area contributed by atoms with Gasteiger partial charge in [0.15, 0.2) is 0 Å². The average molecular weight is 445 g/mol. The minimum absolute atomic E-state index is 0.125. The summed E-state index contributed by atoms with van der Waals surface area (Å²) in [5, 5.41) is 4.32. The topological polar surface area (TPSA) is 26.6 Å². The molecule has 1 aliphatic rings. The summed E-state index contributed by atoms with van der Waals surface area (Å²) in [7, 11) is 0. The molecule has 9 heteroatoms. The molecule has 0 N–H and O–H groups in total. The number of halogens is 6. The molecule has 0 spiro atoms. The number of hydrogen-bond donors (Lipinski definition) is 0. The van der Waals surface area contributed by atoms with E-state index in [2.05, 4.69) is 10.2 Å². The minimum atomic E-state index is -4.89. The highest BCUT2D eigenvalue weighted by atomic mass is 19.4. The molecule has 3 rings (SSSR count). The maximum Gasteiger partial charge on any atom is 0.416 e. The summed E-state index contributed by atoms with van der Waals surface area (Å²) in [6.07, 6.45) is -10.7. The Hall–Kier alpha value is -2.10. The zero-order chi connectivity index (χ0) is 22.6. The van der Waals surface area contributed by atoms with Crippen LogP contribution >= 0.6 is 0 Å². The van der Waals surface area contributed by atoms with Gasteiger partial charge in [-0.3, -0.25) is 4.90 Å². The lowest BCUT2D eigenvalue weighted by molar-refractivity contribution is -0.143.